The van der Waals surface area contributed by atoms with Gasteiger partial charge in [-0.15, -0.1) is 0 Å². The van der Waals surface area contributed by atoms with Gasteiger partial charge in [-0.2, -0.15) is 0 Å². The first kappa shape index (κ1) is 21.7. The molecule has 3 aromatic heterocycles. The topological polar surface area (TPSA) is 69.2 Å². The number of anilines is 1. The van der Waals surface area contributed by atoms with Crippen LogP contribution in [0.5, 0.6) is 0 Å². The highest BCUT2D eigenvalue weighted by Gasteiger charge is 2.19. The summed E-state index contributed by atoms with van der Waals surface area (Å²) in [6.45, 7) is 1.41. The molecule has 0 saturated heterocycles. The Hall–Kier alpha value is -4.09. The number of likely N-dealkylation sites (N-methyl/N-ethyl adjacent to an activating group) is 1. The summed E-state index contributed by atoms with van der Waals surface area (Å²) in [5.41, 5.74) is 13.5. The van der Waals surface area contributed by atoms with E-state index < -0.39 is 0 Å². The average molecular weight is 447 g/mol. The summed E-state index contributed by atoms with van der Waals surface area (Å²) >= 11 is 0. The second-order valence-corrected chi connectivity index (χ2v) is 8.44. The second kappa shape index (κ2) is 9.81. The zero-order valence-corrected chi connectivity index (χ0v) is 19.3. The molecule has 0 atom stereocenters. The minimum Gasteiger partial charge on any atom is -0.326 e. The van der Waals surface area contributed by atoms with Crippen molar-refractivity contribution >= 4 is 16.7 Å². The van der Waals surface area contributed by atoms with Crippen LogP contribution in [0.1, 0.15) is 11.1 Å². The van der Waals surface area contributed by atoms with Gasteiger partial charge in [0.2, 0.25) is 0 Å². The van der Waals surface area contributed by atoms with Gasteiger partial charge in [0.25, 0.3) is 5.82 Å². The molecule has 5 rings (SSSR count). The maximum absolute atomic E-state index is 5.81. The molecular weight excluding hydrogens is 418 g/mol. The molecule has 5 nitrogen and oxygen atoms in total. The van der Waals surface area contributed by atoms with Crippen LogP contribution in [0.4, 0.5) is 5.82 Å². The Balaban J connectivity index is 1.60. The molecule has 2 aromatic carbocycles. The van der Waals surface area contributed by atoms with Crippen LogP contribution in [0.3, 0.4) is 0 Å². The van der Waals surface area contributed by atoms with Crippen LogP contribution in [-0.4, -0.2) is 23.6 Å². The van der Waals surface area contributed by atoms with E-state index in [0.717, 1.165) is 57.6 Å². The SMILES string of the molecule is CN(CCc1ccncc1)c1[nH+]ccc2nc(-c3ccc(CN)cc3)c(-c3ccccc3)cc12. The van der Waals surface area contributed by atoms with Crippen LogP contribution in [-0.2, 0) is 13.0 Å². The number of nitrogens with zero attached hydrogens (tertiary/aromatic N) is 3. The second-order valence-electron chi connectivity index (χ2n) is 8.44. The molecule has 0 unspecified atom stereocenters. The first-order valence-corrected chi connectivity index (χ1v) is 11.5. The molecule has 0 aliphatic heterocycles. The number of hydrogen-bond donors (Lipinski definition) is 1. The third kappa shape index (κ3) is 4.51. The van der Waals surface area contributed by atoms with Crippen molar-refractivity contribution in [3.8, 4) is 22.4 Å². The van der Waals surface area contributed by atoms with E-state index in [1.54, 1.807) is 0 Å². The third-order valence-electron chi connectivity index (χ3n) is 6.18. The molecule has 0 saturated carbocycles. The molecule has 5 heteroatoms. The van der Waals surface area contributed by atoms with Gasteiger partial charge in [0, 0.05) is 42.6 Å². The molecule has 0 bridgehead atoms. The van der Waals surface area contributed by atoms with Gasteiger partial charge in [-0.25, -0.2) is 9.97 Å². The summed E-state index contributed by atoms with van der Waals surface area (Å²) in [7, 11) is 2.12. The van der Waals surface area contributed by atoms with Gasteiger partial charge in [-0.05, 0) is 34.9 Å². The van der Waals surface area contributed by atoms with Crippen LogP contribution < -0.4 is 15.6 Å². The molecule has 0 spiro atoms. The van der Waals surface area contributed by atoms with Crippen molar-refractivity contribution in [2.75, 3.05) is 18.5 Å². The molecule has 0 aliphatic rings. The lowest BCUT2D eigenvalue weighted by Crippen LogP contribution is -2.27. The monoisotopic (exact) mass is 446 g/mol. The Labute approximate surface area is 200 Å². The van der Waals surface area contributed by atoms with Gasteiger partial charge in [-0.3, -0.25) is 9.88 Å². The quantitative estimate of drug-likeness (QED) is 0.385. The third-order valence-corrected chi connectivity index (χ3v) is 6.18. The number of rotatable bonds is 7. The fourth-order valence-corrected chi connectivity index (χ4v) is 4.25. The first-order valence-electron chi connectivity index (χ1n) is 11.5. The maximum atomic E-state index is 5.81. The summed E-state index contributed by atoms with van der Waals surface area (Å²) in [5.74, 6) is 1.06. The van der Waals surface area contributed by atoms with Crippen molar-refractivity contribution in [1.82, 2.24) is 9.97 Å². The normalized spacial score (nSPS) is 11.0. The molecule has 3 heterocycles. The Bertz CT molecular complexity index is 1380. The van der Waals surface area contributed by atoms with Crippen LogP contribution >= 0.6 is 0 Å². The van der Waals surface area contributed by atoms with Gasteiger partial charge in [-0.1, -0.05) is 54.6 Å². The van der Waals surface area contributed by atoms with E-state index in [1.165, 1.54) is 5.56 Å². The van der Waals surface area contributed by atoms with Crippen molar-refractivity contribution in [1.29, 1.82) is 0 Å². The summed E-state index contributed by atoms with van der Waals surface area (Å²) in [6.07, 6.45) is 6.60. The van der Waals surface area contributed by atoms with E-state index in [2.05, 4.69) is 88.6 Å². The van der Waals surface area contributed by atoms with E-state index in [9.17, 15) is 0 Å². The molecule has 0 aliphatic carbocycles. The molecule has 3 N–H and O–H groups in total. The number of H-pyrrole nitrogens is 1. The number of benzene rings is 2. The lowest BCUT2D eigenvalue weighted by Gasteiger charge is -2.16. The van der Waals surface area contributed by atoms with Gasteiger partial charge in [0.05, 0.1) is 36.4 Å². The van der Waals surface area contributed by atoms with Crippen LogP contribution in [0, 0.1) is 0 Å². The molecule has 34 heavy (non-hydrogen) atoms. The van der Waals surface area contributed by atoms with E-state index in [1.807, 2.05) is 30.7 Å². The Morgan fingerprint density at radius 1 is 0.853 bits per heavy atom. The van der Waals surface area contributed by atoms with Gasteiger partial charge in [0.1, 0.15) is 0 Å². The molecule has 168 valence electrons. The van der Waals surface area contributed by atoms with Crippen LogP contribution in [0.15, 0.2) is 97.5 Å². The summed E-state index contributed by atoms with van der Waals surface area (Å²) in [5, 5.41) is 1.10. The van der Waals surface area contributed by atoms with Crippen molar-refractivity contribution in [2.24, 2.45) is 5.73 Å². The van der Waals surface area contributed by atoms with Crippen molar-refractivity contribution < 1.29 is 4.98 Å². The number of aromatic nitrogens is 3. The molecule has 0 radical (unpaired) electrons. The Morgan fingerprint density at radius 3 is 2.35 bits per heavy atom. The van der Waals surface area contributed by atoms with E-state index >= 15 is 0 Å². The predicted octanol–water partition coefficient (Wildman–Crippen LogP) is 4.92. The number of hydrogen-bond acceptors (Lipinski definition) is 4. The van der Waals surface area contributed by atoms with Gasteiger partial charge >= 0.3 is 0 Å². The Morgan fingerprint density at radius 2 is 1.62 bits per heavy atom. The molecule has 5 aromatic rings. The number of aromatic amines is 1. The van der Waals surface area contributed by atoms with E-state index in [0.29, 0.717) is 6.54 Å². The largest absolute Gasteiger partial charge is 0.326 e. The maximum Gasteiger partial charge on any atom is 0.283 e. The molecular formula is C29H28N5+. The summed E-state index contributed by atoms with van der Waals surface area (Å²) in [6, 6.07) is 27.3. The average Bonchev–Trinajstić information content (AvgIpc) is 2.91. The first-order chi connectivity index (χ1) is 16.7. The van der Waals surface area contributed by atoms with Crippen molar-refractivity contribution in [3.63, 3.8) is 0 Å². The van der Waals surface area contributed by atoms with E-state index in [4.69, 9.17) is 10.7 Å². The number of fused-ring (bicyclic) bond motifs is 1. The standard InChI is InChI=1S/C29H27N5/c1-34(18-14-21-11-15-31-16-12-21)29-26-19-25(23-5-3-2-4-6-23)28(33-27(26)13-17-32-29)24-9-7-22(20-30)8-10-24/h2-13,15-17,19H,14,18,20,30H2,1H3/p+1. The molecule has 0 amide bonds. The fraction of sp³-hybridized carbons (Fsp3) is 0.138. The van der Waals surface area contributed by atoms with Crippen molar-refractivity contribution in [3.05, 3.63) is 109 Å². The highest BCUT2D eigenvalue weighted by molar-refractivity contribution is 5.96. The number of nitrogens with one attached hydrogen (secondary N) is 1. The highest BCUT2D eigenvalue weighted by atomic mass is 15.2. The minimum atomic E-state index is 0.530. The molecule has 0 fully saturated rings. The Kier molecular flexibility index (Phi) is 6.27. The predicted molar refractivity (Wildman–Crippen MR) is 138 cm³/mol. The lowest BCUT2D eigenvalue weighted by molar-refractivity contribution is -0.362. The lowest BCUT2D eigenvalue weighted by atomic mass is 9.97. The number of nitrogens with two attached hydrogens (primary N) is 1. The summed E-state index contributed by atoms with van der Waals surface area (Å²) in [4.78, 5) is 15.0. The zero-order valence-electron chi connectivity index (χ0n) is 19.3. The van der Waals surface area contributed by atoms with Crippen molar-refractivity contribution in [2.45, 2.75) is 13.0 Å². The minimum absolute atomic E-state index is 0.530. The fourth-order valence-electron chi connectivity index (χ4n) is 4.25. The highest BCUT2D eigenvalue weighted by Crippen LogP contribution is 2.35. The van der Waals surface area contributed by atoms with Gasteiger partial charge in [0.15, 0.2) is 0 Å². The van der Waals surface area contributed by atoms with Crippen LogP contribution in [0.2, 0.25) is 0 Å². The summed E-state index contributed by atoms with van der Waals surface area (Å²) < 4.78 is 0. The number of pyridine rings is 3. The zero-order chi connectivity index (χ0) is 23.3. The van der Waals surface area contributed by atoms with Gasteiger partial charge < -0.3 is 5.73 Å². The van der Waals surface area contributed by atoms with Crippen LogP contribution in [0.25, 0.3) is 33.3 Å². The smallest absolute Gasteiger partial charge is 0.283 e. The van der Waals surface area contributed by atoms with E-state index in [-0.39, 0.29) is 0 Å².